The predicted octanol–water partition coefficient (Wildman–Crippen LogP) is 3.44. The van der Waals surface area contributed by atoms with Crippen LogP contribution in [0.15, 0.2) is 12.1 Å². The lowest BCUT2D eigenvalue weighted by Gasteiger charge is -2.46. The Balaban J connectivity index is 1.76. The molecule has 0 aromatic heterocycles. The smallest absolute Gasteiger partial charge is 0.161 e. The van der Waals surface area contributed by atoms with Crippen molar-refractivity contribution in [3.05, 3.63) is 23.3 Å². The molecule has 1 fully saturated rings. The molecule has 3 unspecified atom stereocenters. The highest BCUT2D eigenvalue weighted by Gasteiger charge is 2.38. The number of piperidine rings is 1. The van der Waals surface area contributed by atoms with E-state index in [0.717, 1.165) is 50.3 Å². The van der Waals surface area contributed by atoms with E-state index >= 15 is 0 Å². The quantitative estimate of drug-likeness (QED) is 0.704. The van der Waals surface area contributed by atoms with E-state index in [1.165, 1.54) is 11.1 Å². The van der Waals surface area contributed by atoms with E-state index < -0.39 is 0 Å². The Morgan fingerprint density at radius 3 is 2.70 bits per heavy atom. The number of methoxy groups -OCH3 is 2. The van der Waals surface area contributed by atoms with Gasteiger partial charge in [-0.1, -0.05) is 13.8 Å². The summed E-state index contributed by atoms with van der Waals surface area (Å²) in [6.45, 7) is 7.83. The van der Waals surface area contributed by atoms with Gasteiger partial charge in [0.25, 0.3) is 0 Å². The zero-order valence-corrected chi connectivity index (χ0v) is 17.2. The van der Waals surface area contributed by atoms with Crippen LogP contribution in [0.1, 0.15) is 50.3 Å². The maximum absolute atomic E-state index is 10.7. The Morgan fingerprint density at radius 1 is 1.19 bits per heavy atom. The van der Waals surface area contributed by atoms with Crippen LogP contribution in [0.5, 0.6) is 11.5 Å². The van der Waals surface area contributed by atoms with Crippen molar-refractivity contribution >= 4 is 0 Å². The molecule has 1 saturated heterocycles. The zero-order valence-electron chi connectivity index (χ0n) is 17.2. The lowest BCUT2D eigenvalue weighted by Crippen LogP contribution is -2.48. The molecule has 5 heteroatoms. The number of hydrogen-bond acceptors (Lipinski definition) is 5. The lowest BCUT2D eigenvalue weighted by atomic mass is 9.79. The maximum Gasteiger partial charge on any atom is 0.161 e. The van der Waals surface area contributed by atoms with Gasteiger partial charge in [0.1, 0.15) is 0 Å². The van der Waals surface area contributed by atoms with Gasteiger partial charge in [0.15, 0.2) is 11.5 Å². The molecule has 27 heavy (non-hydrogen) atoms. The monoisotopic (exact) mass is 377 g/mol. The highest BCUT2D eigenvalue weighted by atomic mass is 16.5. The zero-order chi connectivity index (χ0) is 19.4. The first-order chi connectivity index (χ1) is 13.0. The SMILES string of the molecule is COCCCOc1cc2c(cc1OC)C1CC(O)C(CC(C)C)CN1CC2. The van der Waals surface area contributed by atoms with Crippen molar-refractivity contribution in [1.82, 2.24) is 4.90 Å². The van der Waals surface area contributed by atoms with Gasteiger partial charge in [-0.25, -0.2) is 0 Å². The van der Waals surface area contributed by atoms with Gasteiger partial charge in [0, 0.05) is 39.3 Å². The summed E-state index contributed by atoms with van der Waals surface area (Å²) in [7, 11) is 3.40. The molecule has 1 aromatic rings. The van der Waals surface area contributed by atoms with E-state index in [4.69, 9.17) is 14.2 Å². The number of benzene rings is 1. The summed E-state index contributed by atoms with van der Waals surface area (Å²) < 4.78 is 16.6. The highest BCUT2D eigenvalue weighted by molar-refractivity contribution is 5.49. The largest absolute Gasteiger partial charge is 0.493 e. The van der Waals surface area contributed by atoms with Crippen LogP contribution in [0.3, 0.4) is 0 Å². The third kappa shape index (κ3) is 4.76. The van der Waals surface area contributed by atoms with Crippen LogP contribution in [0.25, 0.3) is 0 Å². The number of rotatable bonds is 8. The first-order valence-electron chi connectivity index (χ1n) is 10.3. The van der Waals surface area contributed by atoms with E-state index in [0.29, 0.717) is 25.0 Å². The fraction of sp³-hybridized carbons (Fsp3) is 0.727. The molecular weight excluding hydrogens is 342 g/mol. The molecule has 5 nitrogen and oxygen atoms in total. The van der Waals surface area contributed by atoms with Crippen LogP contribution in [-0.2, 0) is 11.2 Å². The Morgan fingerprint density at radius 2 is 2.00 bits per heavy atom. The van der Waals surface area contributed by atoms with Crippen LogP contribution in [0, 0.1) is 11.8 Å². The molecule has 2 aliphatic heterocycles. The molecule has 2 heterocycles. The minimum Gasteiger partial charge on any atom is -0.493 e. The molecule has 1 aromatic carbocycles. The molecule has 152 valence electrons. The molecule has 0 saturated carbocycles. The van der Waals surface area contributed by atoms with Crippen molar-refractivity contribution < 1.29 is 19.3 Å². The van der Waals surface area contributed by atoms with Gasteiger partial charge in [-0.05, 0) is 54.4 Å². The molecule has 2 aliphatic rings. The van der Waals surface area contributed by atoms with Crippen LogP contribution in [0.4, 0.5) is 0 Å². The molecule has 0 bridgehead atoms. The molecule has 0 spiro atoms. The second kappa shape index (κ2) is 9.26. The van der Waals surface area contributed by atoms with Crippen molar-refractivity contribution in [3.63, 3.8) is 0 Å². The molecular formula is C22H35NO4. The second-order valence-electron chi connectivity index (χ2n) is 8.35. The van der Waals surface area contributed by atoms with Gasteiger partial charge in [0.05, 0.1) is 19.8 Å². The lowest BCUT2D eigenvalue weighted by molar-refractivity contribution is -0.0191. The highest BCUT2D eigenvalue weighted by Crippen LogP contribution is 2.43. The number of nitrogens with zero attached hydrogens (tertiary/aromatic N) is 1. The van der Waals surface area contributed by atoms with E-state index in [1.807, 2.05) is 0 Å². The van der Waals surface area contributed by atoms with Gasteiger partial charge in [-0.3, -0.25) is 4.90 Å². The number of hydrogen-bond donors (Lipinski definition) is 1. The number of aliphatic hydroxyl groups excluding tert-OH is 1. The third-order valence-corrected chi connectivity index (χ3v) is 5.90. The van der Waals surface area contributed by atoms with Gasteiger partial charge in [0.2, 0.25) is 0 Å². The predicted molar refractivity (Wildman–Crippen MR) is 107 cm³/mol. The van der Waals surface area contributed by atoms with Crippen molar-refractivity contribution in [1.29, 1.82) is 0 Å². The molecule has 0 radical (unpaired) electrons. The Bertz CT molecular complexity index is 619. The third-order valence-electron chi connectivity index (χ3n) is 5.90. The van der Waals surface area contributed by atoms with Crippen molar-refractivity contribution in [2.75, 3.05) is 40.5 Å². The number of aliphatic hydroxyl groups is 1. The summed E-state index contributed by atoms with van der Waals surface area (Å²) in [6, 6.07) is 4.56. The van der Waals surface area contributed by atoms with Crippen LogP contribution in [-0.4, -0.2) is 56.6 Å². The minimum absolute atomic E-state index is 0.226. The average molecular weight is 378 g/mol. The topological polar surface area (TPSA) is 51.2 Å². The Kier molecular flexibility index (Phi) is 7.01. The molecule has 3 rings (SSSR count). The van der Waals surface area contributed by atoms with Crippen molar-refractivity contribution in [3.8, 4) is 11.5 Å². The van der Waals surface area contributed by atoms with Gasteiger partial charge in [-0.15, -0.1) is 0 Å². The Hall–Kier alpha value is -1.30. The summed E-state index contributed by atoms with van der Waals surface area (Å²) in [6.07, 6.45) is 3.55. The summed E-state index contributed by atoms with van der Waals surface area (Å²) in [5.41, 5.74) is 2.62. The average Bonchev–Trinajstić information content (AvgIpc) is 2.65. The van der Waals surface area contributed by atoms with Crippen molar-refractivity contribution in [2.45, 2.75) is 51.7 Å². The maximum atomic E-state index is 10.7. The number of ether oxygens (including phenoxy) is 3. The van der Waals surface area contributed by atoms with Gasteiger partial charge < -0.3 is 19.3 Å². The second-order valence-corrected chi connectivity index (χ2v) is 8.35. The summed E-state index contributed by atoms with van der Waals surface area (Å²) in [4.78, 5) is 2.56. The summed E-state index contributed by atoms with van der Waals surface area (Å²) in [5.74, 6) is 2.60. The van der Waals surface area contributed by atoms with Gasteiger partial charge in [-0.2, -0.15) is 0 Å². The Labute approximate surface area is 163 Å². The standard InChI is InChI=1S/C22H35NO4/c1-15(2)10-17-14-23-7-6-16-11-22(27-9-5-8-25-3)21(26-4)12-18(16)19(23)13-20(17)24/h11-12,15,17,19-20,24H,5-10,13-14H2,1-4H3. The molecule has 1 N–H and O–H groups in total. The van der Waals surface area contributed by atoms with E-state index in [-0.39, 0.29) is 12.1 Å². The van der Waals surface area contributed by atoms with Crippen LogP contribution >= 0.6 is 0 Å². The molecule has 0 amide bonds. The molecule has 0 aliphatic carbocycles. The number of fused-ring (bicyclic) bond motifs is 3. The summed E-state index contributed by atoms with van der Waals surface area (Å²) in [5, 5.41) is 10.7. The van der Waals surface area contributed by atoms with E-state index in [9.17, 15) is 5.11 Å². The van der Waals surface area contributed by atoms with Gasteiger partial charge >= 0.3 is 0 Å². The summed E-state index contributed by atoms with van der Waals surface area (Å²) >= 11 is 0. The van der Waals surface area contributed by atoms with Crippen molar-refractivity contribution in [2.24, 2.45) is 11.8 Å². The molecule has 3 atom stereocenters. The normalized spacial score (nSPS) is 25.2. The van der Waals surface area contributed by atoms with E-state index in [2.05, 4.69) is 30.9 Å². The first-order valence-corrected chi connectivity index (χ1v) is 10.3. The fourth-order valence-electron chi connectivity index (χ4n) is 4.59. The minimum atomic E-state index is -0.226. The van der Waals surface area contributed by atoms with E-state index in [1.54, 1.807) is 14.2 Å². The first kappa shape index (κ1) is 20.4. The van der Waals surface area contributed by atoms with Crippen LogP contribution < -0.4 is 9.47 Å². The van der Waals surface area contributed by atoms with Crippen LogP contribution in [0.2, 0.25) is 0 Å². The fourth-order valence-corrected chi connectivity index (χ4v) is 4.59.